The van der Waals surface area contributed by atoms with Crippen LogP contribution in [0, 0.1) is 0 Å². The predicted molar refractivity (Wildman–Crippen MR) is 50.8 cm³/mol. The van der Waals surface area contributed by atoms with Crippen LogP contribution in [0.4, 0.5) is 0 Å². The fourth-order valence-electron chi connectivity index (χ4n) is 0.778. The Kier molecular flexibility index (Phi) is 3.05. The van der Waals surface area contributed by atoms with E-state index >= 15 is 0 Å². The quantitative estimate of drug-likeness (QED) is 0.788. The standard InChI is InChI=1S/C9H7BrO2/c10-8-3-1-2-7(6-8)4-5-9(11)12/h1-6H,(H,11,12)/b5-4-. The molecule has 0 heterocycles. The maximum atomic E-state index is 10.2. The summed E-state index contributed by atoms with van der Waals surface area (Å²) >= 11 is 3.29. The molecular formula is C9H7BrO2. The lowest BCUT2D eigenvalue weighted by atomic mass is 10.2. The summed E-state index contributed by atoms with van der Waals surface area (Å²) in [6.45, 7) is 0. The number of carboxylic acids is 1. The van der Waals surface area contributed by atoms with Gasteiger partial charge in [0.2, 0.25) is 0 Å². The number of rotatable bonds is 2. The van der Waals surface area contributed by atoms with Crippen molar-refractivity contribution in [3.63, 3.8) is 0 Å². The number of hydrogen-bond acceptors (Lipinski definition) is 1. The molecule has 0 aliphatic rings. The Hall–Kier alpha value is -1.09. The molecule has 1 aromatic rings. The third-order valence-electron chi connectivity index (χ3n) is 1.27. The monoisotopic (exact) mass is 226 g/mol. The van der Waals surface area contributed by atoms with E-state index in [1.165, 1.54) is 0 Å². The highest BCUT2D eigenvalue weighted by Gasteiger charge is 1.89. The second-order valence-corrected chi connectivity index (χ2v) is 3.14. The minimum atomic E-state index is -0.935. The van der Waals surface area contributed by atoms with Gasteiger partial charge in [0, 0.05) is 10.5 Å². The molecule has 1 rings (SSSR count). The molecular weight excluding hydrogens is 220 g/mol. The first-order valence-corrected chi connectivity index (χ1v) is 4.14. The molecule has 0 saturated carbocycles. The van der Waals surface area contributed by atoms with Gasteiger partial charge in [-0.3, -0.25) is 0 Å². The molecule has 0 radical (unpaired) electrons. The molecule has 0 fully saturated rings. The highest BCUT2D eigenvalue weighted by molar-refractivity contribution is 9.10. The molecule has 62 valence electrons. The number of aliphatic carboxylic acids is 1. The van der Waals surface area contributed by atoms with Crippen molar-refractivity contribution in [1.29, 1.82) is 0 Å². The lowest BCUT2D eigenvalue weighted by Gasteiger charge is -1.92. The molecule has 0 unspecified atom stereocenters. The van der Waals surface area contributed by atoms with E-state index in [2.05, 4.69) is 15.9 Å². The molecule has 1 aromatic carbocycles. The highest BCUT2D eigenvalue weighted by Crippen LogP contribution is 2.12. The third-order valence-corrected chi connectivity index (χ3v) is 1.76. The van der Waals surface area contributed by atoms with E-state index in [-0.39, 0.29) is 0 Å². The van der Waals surface area contributed by atoms with Crippen LogP contribution in [0.15, 0.2) is 34.8 Å². The molecule has 1 N–H and O–H groups in total. The summed E-state index contributed by atoms with van der Waals surface area (Å²) < 4.78 is 0.940. The van der Waals surface area contributed by atoms with Gasteiger partial charge >= 0.3 is 5.97 Å². The molecule has 2 nitrogen and oxygen atoms in total. The molecule has 0 aliphatic heterocycles. The lowest BCUT2D eigenvalue weighted by molar-refractivity contribution is -0.131. The molecule has 12 heavy (non-hydrogen) atoms. The molecule has 0 aliphatic carbocycles. The van der Waals surface area contributed by atoms with Gasteiger partial charge in [-0.05, 0) is 23.8 Å². The Balaban J connectivity index is 2.83. The Morgan fingerprint density at radius 1 is 1.50 bits per heavy atom. The molecule has 0 saturated heterocycles. The van der Waals surface area contributed by atoms with Gasteiger partial charge in [-0.1, -0.05) is 28.1 Å². The Morgan fingerprint density at radius 2 is 2.25 bits per heavy atom. The van der Waals surface area contributed by atoms with Crippen molar-refractivity contribution in [3.05, 3.63) is 40.4 Å². The SMILES string of the molecule is O=C(O)/C=C\c1cccc(Br)c1. The van der Waals surface area contributed by atoms with Gasteiger partial charge in [-0.2, -0.15) is 0 Å². The average Bonchev–Trinajstić information content (AvgIpc) is 2.01. The van der Waals surface area contributed by atoms with E-state index in [1.807, 2.05) is 24.3 Å². The van der Waals surface area contributed by atoms with Crippen LogP contribution in [0.5, 0.6) is 0 Å². The van der Waals surface area contributed by atoms with Crippen molar-refractivity contribution in [2.24, 2.45) is 0 Å². The molecule has 0 spiro atoms. The van der Waals surface area contributed by atoms with E-state index in [9.17, 15) is 4.79 Å². The van der Waals surface area contributed by atoms with Crippen molar-refractivity contribution in [2.45, 2.75) is 0 Å². The number of benzene rings is 1. The zero-order chi connectivity index (χ0) is 8.97. The van der Waals surface area contributed by atoms with Crippen LogP contribution in [-0.4, -0.2) is 11.1 Å². The maximum absolute atomic E-state index is 10.2. The highest BCUT2D eigenvalue weighted by atomic mass is 79.9. The van der Waals surface area contributed by atoms with Crippen molar-refractivity contribution >= 4 is 28.0 Å². The predicted octanol–water partition coefficient (Wildman–Crippen LogP) is 2.55. The summed E-state index contributed by atoms with van der Waals surface area (Å²) in [5, 5.41) is 8.35. The van der Waals surface area contributed by atoms with Gasteiger partial charge in [0.15, 0.2) is 0 Å². The van der Waals surface area contributed by atoms with Crippen LogP contribution in [0.1, 0.15) is 5.56 Å². The number of hydrogen-bond donors (Lipinski definition) is 1. The van der Waals surface area contributed by atoms with Crippen LogP contribution in [0.25, 0.3) is 6.08 Å². The molecule has 3 heteroatoms. The Morgan fingerprint density at radius 3 is 2.83 bits per heavy atom. The summed E-state index contributed by atoms with van der Waals surface area (Å²) in [5.74, 6) is -0.935. The first kappa shape index (κ1) is 9.00. The molecule has 0 amide bonds. The van der Waals surface area contributed by atoms with Gasteiger partial charge in [0.05, 0.1) is 0 Å². The molecule has 0 atom stereocenters. The smallest absolute Gasteiger partial charge is 0.328 e. The normalized spacial score (nSPS) is 10.4. The lowest BCUT2D eigenvalue weighted by Crippen LogP contribution is -1.85. The van der Waals surface area contributed by atoms with Gasteiger partial charge in [0.1, 0.15) is 0 Å². The van der Waals surface area contributed by atoms with Crippen molar-refractivity contribution in [2.75, 3.05) is 0 Å². The minimum absolute atomic E-state index is 0.867. The van der Waals surface area contributed by atoms with Crippen molar-refractivity contribution < 1.29 is 9.90 Å². The van der Waals surface area contributed by atoms with E-state index in [0.717, 1.165) is 16.1 Å². The van der Waals surface area contributed by atoms with Crippen LogP contribution in [0.3, 0.4) is 0 Å². The summed E-state index contributed by atoms with van der Waals surface area (Å²) in [5.41, 5.74) is 0.867. The Labute approximate surface area is 78.7 Å². The summed E-state index contributed by atoms with van der Waals surface area (Å²) in [7, 11) is 0. The number of halogens is 1. The van der Waals surface area contributed by atoms with E-state index < -0.39 is 5.97 Å². The van der Waals surface area contributed by atoms with E-state index in [0.29, 0.717) is 0 Å². The first-order valence-electron chi connectivity index (χ1n) is 3.35. The molecule has 0 bridgehead atoms. The summed E-state index contributed by atoms with van der Waals surface area (Å²) in [4.78, 5) is 10.2. The first-order chi connectivity index (χ1) is 5.68. The topological polar surface area (TPSA) is 37.3 Å². The third kappa shape index (κ3) is 2.88. The number of carboxylic acid groups (broad SMARTS) is 1. The number of carbonyl (C=O) groups is 1. The summed E-state index contributed by atoms with van der Waals surface area (Å²) in [6.07, 6.45) is 2.66. The van der Waals surface area contributed by atoms with Crippen LogP contribution >= 0.6 is 15.9 Å². The molecule has 0 aromatic heterocycles. The van der Waals surface area contributed by atoms with Gasteiger partial charge < -0.3 is 5.11 Å². The fraction of sp³-hybridized carbons (Fsp3) is 0. The van der Waals surface area contributed by atoms with E-state index in [1.54, 1.807) is 6.08 Å². The van der Waals surface area contributed by atoms with Gasteiger partial charge in [-0.15, -0.1) is 0 Å². The summed E-state index contributed by atoms with van der Waals surface area (Å²) in [6, 6.07) is 7.42. The Bertz CT molecular complexity index is 318. The van der Waals surface area contributed by atoms with Crippen LogP contribution in [0.2, 0.25) is 0 Å². The average molecular weight is 227 g/mol. The fourth-order valence-corrected chi connectivity index (χ4v) is 1.19. The van der Waals surface area contributed by atoms with Crippen LogP contribution < -0.4 is 0 Å². The van der Waals surface area contributed by atoms with E-state index in [4.69, 9.17) is 5.11 Å². The maximum Gasteiger partial charge on any atom is 0.328 e. The van der Waals surface area contributed by atoms with Crippen LogP contribution in [-0.2, 0) is 4.79 Å². The minimum Gasteiger partial charge on any atom is -0.478 e. The van der Waals surface area contributed by atoms with Crippen molar-refractivity contribution in [1.82, 2.24) is 0 Å². The van der Waals surface area contributed by atoms with Gasteiger partial charge in [0.25, 0.3) is 0 Å². The second kappa shape index (κ2) is 4.07. The van der Waals surface area contributed by atoms with Gasteiger partial charge in [-0.25, -0.2) is 4.79 Å². The zero-order valence-corrected chi connectivity index (χ0v) is 7.78. The van der Waals surface area contributed by atoms with Crippen molar-refractivity contribution in [3.8, 4) is 0 Å². The zero-order valence-electron chi connectivity index (χ0n) is 6.20. The second-order valence-electron chi connectivity index (χ2n) is 2.23. The largest absolute Gasteiger partial charge is 0.478 e.